The van der Waals surface area contributed by atoms with E-state index >= 15 is 0 Å². The van der Waals surface area contributed by atoms with Gasteiger partial charge in [-0.25, -0.2) is 15.6 Å². The second kappa shape index (κ2) is 24.6. The first kappa shape index (κ1) is 43.6. The number of amidine groups is 1. The molecular weight excluding hydrogens is 720 g/mol. The van der Waals surface area contributed by atoms with Crippen LogP contribution in [0, 0.1) is 20.2 Å². The van der Waals surface area contributed by atoms with Gasteiger partial charge in [0.05, 0.1) is 25.5 Å². The molecule has 1 aromatic heterocycles. The van der Waals surface area contributed by atoms with Crippen LogP contribution in [0.15, 0.2) is 53.6 Å². The van der Waals surface area contributed by atoms with E-state index in [1.807, 2.05) is 41.0 Å². The molecule has 53 heavy (non-hydrogen) atoms. The molecule has 19 nitrogen and oxygen atoms in total. The lowest BCUT2D eigenvalue weighted by atomic mass is 9.98. The minimum Gasteiger partial charge on any atom is -0.461 e. The number of imidazole rings is 1. The maximum absolute atomic E-state index is 12.2. The highest BCUT2D eigenvalue weighted by atomic mass is 35.5. The molecule has 3 rings (SSSR count). The first-order valence-corrected chi connectivity index (χ1v) is 17.0. The maximum Gasteiger partial charge on any atom is 0.445 e. The fourth-order valence-corrected chi connectivity index (χ4v) is 4.92. The Morgan fingerprint density at radius 3 is 2.21 bits per heavy atom. The summed E-state index contributed by atoms with van der Waals surface area (Å²) >= 11 is 6.37. The number of carbonyl (C=O) groups is 2. The number of ether oxygens (including phenoxy) is 3. The number of carbonyl (C=O) groups excluding carboxylic acids is 2. The Morgan fingerprint density at radius 2 is 1.60 bits per heavy atom. The molecule has 0 aliphatic carbocycles. The van der Waals surface area contributed by atoms with Crippen LogP contribution in [0.4, 0.5) is 4.79 Å². The Bertz CT molecular complexity index is 1620. The highest BCUT2D eigenvalue weighted by molar-refractivity contribution is 6.30. The molecule has 0 spiro atoms. The molecule has 20 heteroatoms. The first-order chi connectivity index (χ1) is 25.5. The number of halogens is 1. The van der Waals surface area contributed by atoms with Gasteiger partial charge in [-0.2, -0.15) is 0 Å². The zero-order valence-corrected chi connectivity index (χ0v) is 30.4. The number of hydrazone groups is 1. The second-order valence-electron chi connectivity index (χ2n) is 11.1. The number of rotatable bonds is 23. The van der Waals surface area contributed by atoms with E-state index in [0.717, 1.165) is 48.2 Å². The average Bonchev–Trinajstić information content (AvgIpc) is 3.43. The van der Waals surface area contributed by atoms with E-state index in [2.05, 4.69) is 26.7 Å². The summed E-state index contributed by atoms with van der Waals surface area (Å²) < 4.78 is 16.7. The van der Waals surface area contributed by atoms with Crippen LogP contribution in [0.1, 0.15) is 68.1 Å². The second-order valence-corrected chi connectivity index (χ2v) is 11.4. The summed E-state index contributed by atoms with van der Waals surface area (Å²) in [5, 5.41) is 22.9. The van der Waals surface area contributed by atoms with E-state index in [1.165, 1.54) is 0 Å². The lowest BCUT2D eigenvalue weighted by Gasteiger charge is -2.15. The molecule has 0 aliphatic heterocycles. The van der Waals surface area contributed by atoms with Crippen molar-refractivity contribution in [1.29, 1.82) is 0 Å². The van der Waals surface area contributed by atoms with Crippen LogP contribution in [0.5, 0.6) is 0 Å². The zero-order valence-electron chi connectivity index (χ0n) is 29.6. The van der Waals surface area contributed by atoms with Gasteiger partial charge in [0.1, 0.15) is 12.4 Å². The van der Waals surface area contributed by atoms with E-state index in [0.29, 0.717) is 60.4 Å². The van der Waals surface area contributed by atoms with Crippen LogP contribution in [0.25, 0.3) is 11.1 Å². The minimum atomic E-state index is -0.934. The van der Waals surface area contributed by atoms with Gasteiger partial charge in [-0.05, 0) is 48.8 Å². The van der Waals surface area contributed by atoms with Crippen molar-refractivity contribution in [2.45, 2.75) is 65.0 Å². The Balaban J connectivity index is 0.000000848. The quantitative estimate of drug-likeness (QED) is 0.0192. The number of benzene rings is 2. The third-order valence-corrected chi connectivity index (χ3v) is 7.56. The van der Waals surface area contributed by atoms with Crippen molar-refractivity contribution in [2.24, 2.45) is 16.7 Å². The molecule has 290 valence electrons. The smallest absolute Gasteiger partial charge is 0.445 e. The molecular formula is C33H45ClN8O11. The number of amides is 1. The summed E-state index contributed by atoms with van der Waals surface area (Å²) in [6, 6.07) is 15.1. The number of unbranched alkanes of at least 4 members (excludes halogenated alkanes) is 3. The third kappa shape index (κ3) is 16.1. The molecule has 3 aromatic rings. The van der Waals surface area contributed by atoms with Crippen LogP contribution in [-0.2, 0) is 48.3 Å². The molecule has 1 heterocycles. The summed E-state index contributed by atoms with van der Waals surface area (Å²) in [5.74, 6) is 6.55. The van der Waals surface area contributed by atoms with Crippen LogP contribution >= 0.6 is 11.6 Å². The minimum absolute atomic E-state index is 0.00745. The van der Waals surface area contributed by atoms with Crippen LogP contribution < -0.4 is 11.6 Å². The van der Waals surface area contributed by atoms with E-state index in [-0.39, 0.29) is 32.3 Å². The van der Waals surface area contributed by atoms with Gasteiger partial charge < -0.3 is 34.2 Å². The Morgan fingerprint density at radius 1 is 0.981 bits per heavy atom. The number of aryl methyl sites for hydroxylation is 1. The van der Waals surface area contributed by atoms with Crippen LogP contribution in [0.3, 0.4) is 0 Å². The zero-order chi connectivity index (χ0) is 39.0. The molecule has 0 saturated heterocycles. The number of hydrogen-bond acceptors (Lipinski definition) is 14. The Kier molecular flexibility index (Phi) is 20.3. The molecule has 1 amide bonds. The number of aromatic nitrogens is 2. The lowest BCUT2D eigenvalue weighted by molar-refractivity contribution is -0.757. The van der Waals surface area contributed by atoms with Crippen molar-refractivity contribution in [3.05, 3.63) is 96.6 Å². The SMILES string of the molecule is CCCCc1nc(Cl)c(COC=O)n1Cc1ccc(-c2ccccc2/C(N)=N/N(N)C(=O)OCCCCO[N+](=O)[O-])cc1.COCCCCO[N+](=O)[O-]. The molecule has 0 unspecified atom stereocenters. The van der Waals surface area contributed by atoms with Crippen molar-refractivity contribution in [3.8, 4) is 11.1 Å². The molecule has 0 bridgehead atoms. The predicted octanol–water partition coefficient (Wildman–Crippen LogP) is 4.81. The van der Waals surface area contributed by atoms with E-state index in [4.69, 9.17) is 37.4 Å². The normalized spacial score (nSPS) is 10.8. The number of nitrogens with zero attached hydrogens (tertiary/aromatic N) is 6. The monoisotopic (exact) mass is 764 g/mol. The highest BCUT2D eigenvalue weighted by Crippen LogP contribution is 2.26. The number of hydrazine groups is 1. The van der Waals surface area contributed by atoms with E-state index in [9.17, 15) is 29.8 Å². The molecule has 0 aliphatic rings. The van der Waals surface area contributed by atoms with Gasteiger partial charge in [0.2, 0.25) is 0 Å². The summed E-state index contributed by atoms with van der Waals surface area (Å²) in [4.78, 5) is 55.5. The van der Waals surface area contributed by atoms with Gasteiger partial charge in [0.25, 0.3) is 16.6 Å². The van der Waals surface area contributed by atoms with Crippen LogP contribution in [-0.4, -0.2) is 76.8 Å². The fourth-order valence-electron chi connectivity index (χ4n) is 4.67. The average molecular weight is 765 g/mol. The molecule has 0 saturated carbocycles. The van der Waals surface area contributed by atoms with Crippen LogP contribution in [0.2, 0.25) is 5.15 Å². The molecule has 0 radical (unpaired) electrons. The van der Waals surface area contributed by atoms with Crippen molar-refractivity contribution in [1.82, 2.24) is 14.7 Å². The van der Waals surface area contributed by atoms with Gasteiger partial charge >= 0.3 is 6.09 Å². The van der Waals surface area contributed by atoms with E-state index < -0.39 is 16.3 Å². The van der Waals surface area contributed by atoms with Gasteiger partial charge in [0, 0.05) is 32.2 Å². The van der Waals surface area contributed by atoms with Crippen molar-refractivity contribution in [2.75, 3.05) is 33.5 Å². The summed E-state index contributed by atoms with van der Waals surface area (Å²) in [5.41, 5.74) is 9.99. The number of hydrogen-bond donors (Lipinski definition) is 2. The third-order valence-electron chi connectivity index (χ3n) is 7.26. The van der Waals surface area contributed by atoms with Crippen molar-refractivity contribution >= 4 is 30.0 Å². The molecule has 0 atom stereocenters. The summed E-state index contributed by atoms with van der Waals surface area (Å²) in [6.45, 7) is 3.65. The van der Waals surface area contributed by atoms with Crippen molar-refractivity contribution < 1.29 is 43.6 Å². The Hall–Kier alpha value is -5.53. The Labute approximate surface area is 310 Å². The maximum atomic E-state index is 12.2. The first-order valence-electron chi connectivity index (χ1n) is 16.6. The summed E-state index contributed by atoms with van der Waals surface area (Å²) in [6.07, 6.45) is 3.87. The standard InChI is InChI=1S/C28H34ClN7O7.C5H11NO4/c1-2-3-10-25-32-26(29)24(18-41-19-37)34(25)17-20-11-13-21(14-12-20)22-8-4-5-9-23(22)27(30)33-35(31)28(38)42-15-6-7-16-43-36(39)40;1-9-4-2-3-5-10-6(7)8/h4-5,8-9,11-14,19H,2-3,6-7,10,15-18,31H2,1H3,(H2,30,33);2-5H2,1H3. The van der Waals surface area contributed by atoms with E-state index in [1.54, 1.807) is 19.2 Å². The number of methoxy groups -OCH3 is 1. The van der Waals surface area contributed by atoms with Gasteiger partial charge in [-0.1, -0.05) is 73.5 Å². The molecule has 2 aromatic carbocycles. The van der Waals surface area contributed by atoms with Gasteiger partial charge in [-0.3, -0.25) is 4.79 Å². The lowest BCUT2D eigenvalue weighted by Crippen LogP contribution is -2.36. The van der Waals surface area contributed by atoms with Crippen molar-refractivity contribution in [3.63, 3.8) is 0 Å². The van der Waals surface area contributed by atoms with Gasteiger partial charge in [0.15, 0.2) is 11.0 Å². The highest BCUT2D eigenvalue weighted by Gasteiger charge is 2.18. The summed E-state index contributed by atoms with van der Waals surface area (Å²) in [7, 11) is 1.59. The predicted molar refractivity (Wildman–Crippen MR) is 192 cm³/mol. The number of nitrogens with two attached hydrogens (primary N) is 2. The topological polar surface area (TPSA) is 252 Å². The van der Waals surface area contributed by atoms with Gasteiger partial charge in [-0.15, -0.1) is 30.4 Å². The largest absolute Gasteiger partial charge is 0.461 e. The molecule has 0 fully saturated rings. The molecule has 4 N–H and O–H groups in total. The fraction of sp³-hybridized carbons (Fsp3) is 0.455.